The molecular formula is C16H16ClFN2O2S. The van der Waals surface area contributed by atoms with Gasteiger partial charge in [0.05, 0.1) is 21.0 Å². The van der Waals surface area contributed by atoms with Crippen LogP contribution in [0.2, 0.25) is 4.34 Å². The van der Waals surface area contributed by atoms with E-state index in [4.69, 9.17) is 16.3 Å². The number of ether oxygens (including phenoxy) is 1. The van der Waals surface area contributed by atoms with Crippen molar-refractivity contribution in [3.8, 4) is 0 Å². The van der Waals surface area contributed by atoms with Crippen LogP contribution in [0.25, 0.3) is 0 Å². The molecule has 0 spiro atoms. The van der Waals surface area contributed by atoms with Crippen molar-refractivity contribution in [2.24, 2.45) is 0 Å². The van der Waals surface area contributed by atoms with E-state index in [0.717, 1.165) is 19.4 Å². The standard InChI is InChI=1S/C16H16ClFN2O2S/c17-15-6-5-14(23-15)16(21)20-10-3-4-13(12(18)8-10)19-9-11-2-1-7-22-11/h3-6,8,11,19H,1-2,7,9H2,(H,20,21). The maximum atomic E-state index is 14.1. The molecule has 1 aliphatic rings. The molecule has 7 heteroatoms. The number of benzene rings is 1. The lowest BCUT2D eigenvalue weighted by Gasteiger charge is -2.13. The fourth-order valence-electron chi connectivity index (χ4n) is 2.39. The first-order chi connectivity index (χ1) is 11.1. The molecule has 1 aliphatic heterocycles. The Balaban J connectivity index is 1.60. The number of hydrogen-bond acceptors (Lipinski definition) is 4. The summed E-state index contributed by atoms with van der Waals surface area (Å²) >= 11 is 6.98. The minimum Gasteiger partial charge on any atom is -0.380 e. The normalized spacial score (nSPS) is 17.2. The third kappa shape index (κ3) is 4.22. The zero-order valence-corrected chi connectivity index (χ0v) is 13.8. The van der Waals surface area contributed by atoms with E-state index >= 15 is 0 Å². The molecule has 1 saturated heterocycles. The predicted molar refractivity (Wildman–Crippen MR) is 91.1 cm³/mol. The Morgan fingerprint density at radius 3 is 2.91 bits per heavy atom. The first-order valence-corrected chi connectivity index (χ1v) is 8.53. The highest BCUT2D eigenvalue weighted by Gasteiger charge is 2.16. The van der Waals surface area contributed by atoms with E-state index in [0.29, 0.717) is 27.1 Å². The number of hydrogen-bond donors (Lipinski definition) is 2. The lowest BCUT2D eigenvalue weighted by Crippen LogP contribution is -2.19. The SMILES string of the molecule is O=C(Nc1ccc(NCC2CCCO2)c(F)c1)c1ccc(Cl)s1. The van der Waals surface area contributed by atoms with E-state index in [2.05, 4.69) is 10.6 Å². The second-order valence-electron chi connectivity index (χ2n) is 5.27. The molecule has 1 amide bonds. The van der Waals surface area contributed by atoms with Crippen LogP contribution in [-0.2, 0) is 4.74 Å². The van der Waals surface area contributed by atoms with Gasteiger partial charge in [-0.15, -0.1) is 11.3 Å². The number of carbonyl (C=O) groups is 1. The Labute approximate surface area is 142 Å². The highest BCUT2D eigenvalue weighted by Crippen LogP contribution is 2.24. The van der Waals surface area contributed by atoms with Crippen molar-refractivity contribution in [3.63, 3.8) is 0 Å². The van der Waals surface area contributed by atoms with Gasteiger partial charge in [-0.1, -0.05) is 11.6 Å². The van der Waals surface area contributed by atoms with E-state index < -0.39 is 5.82 Å². The minimum atomic E-state index is -0.412. The number of halogens is 2. The van der Waals surface area contributed by atoms with Crippen LogP contribution in [0, 0.1) is 5.82 Å². The first kappa shape index (κ1) is 16.2. The van der Waals surface area contributed by atoms with Crippen LogP contribution in [0.3, 0.4) is 0 Å². The molecule has 0 bridgehead atoms. The van der Waals surface area contributed by atoms with Gasteiger partial charge in [-0.2, -0.15) is 0 Å². The molecule has 2 N–H and O–H groups in total. The number of amides is 1. The van der Waals surface area contributed by atoms with E-state index in [9.17, 15) is 9.18 Å². The van der Waals surface area contributed by atoms with Gasteiger partial charge in [0.15, 0.2) is 0 Å². The average molecular weight is 355 g/mol. The van der Waals surface area contributed by atoms with Crippen LogP contribution in [0.4, 0.5) is 15.8 Å². The molecule has 23 heavy (non-hydrogen) atoms. The quantitative estimate of drug-likeness (QED) is 0.837. The van der Waals surface area contributed by atoms with Crippen molar-refractivity contribution in [2.75, 3.05) is 23.8 Å². The van der Waals surface area contributed by atoms with E-state index in [1.54, 1.807) is 24.3 Å². The minimum absolute atomic E-state index is 0.136. The van der Waals surface area contributed by atoms with Gasteiger partial charge in [-0.25, -0.2) is 4.39 Å². The second-order valence-corrected chi connectivity index (χ2v) is 6.98. The van der Waals surface area contributed by atoms with Crippen molar-refractivity contribution in [3.05, 3.63) is 45.4 Å². The summed E-state index contributed by atoms with van der Waals surface area (Å²) in [7, 11) is 0. The lowest BCUT2D eigenvalue weighted by molar-refractivity contribution is 0.103. The molecule has 4 nitrogen and oxygen atoms in total. The molecule has 2 aromatic rings. The van der Waals surface area contributed by atoms with Gasteiger partial charge >= 0.3 is 0 Å². The van der Waals surface area contributed by atoms with Crippen molar-refractivity contribution in [1.29, 1.82) is 0 Å². The number of nitrogens with one attached hydrogen (secondary N) is 2. The number of rotatable bonds is 5. The zero-order valence-electron chi connectivity index (χ0n) is 12.3. The maximum Gasteiger partial charge on any atom is 0.265 e. The van der Waals surface area contributed by atoms with Crippen LogP contribution in [0.1, 0.15) is 22.5 Å². The summed E-state index contributed by atoms with van der Waals surface area (Å²) in [5, 5.41) is 5.70. The zero-order chi connectivity index (χ0) is 16.2. The van der Waals surface area contributed by atoms with Gasteiger partial charge in [-0.3, -0.25) is 4.79 Å². The summed E-state index contributed by atoms with van der Waals surface area (Å²) in [5.74, 6) is -0.716. The molecule has 0 saturated carbocycles. The third-order valence-electron chi connectivity index (χ3n) is 3.57. The summed E-state index contributed by atoms with van der Waals surface area (Å²) in [6, 6.07) is 7.86. The second kappa shape index (κ2) is 7.29. The predicted octanol–water partition coefficient (Wildman–Crippen LogP) is 4.38. The summed E-state index contributed by atoms with van der Waals surface area (Å²) < 4.78 is 20.1. The molecule has 0 radical (unpaired) electrons. The fraction of sp³-hybridized carbons (Fsp3) is 0.312. The van der Waals surface area contributed by atoms with Crippen LogP contribution >= 0.6 is 22.9 Å². The van der Waals surface area contributed by atoms with Gasteiger partial charge in [0.1, 0.15) is 5.82 Å². The molecule has 2 heterocycles. The van der Waals surface area contributed by atoms with Crippen LogP contribution in [0.15, 0.2) is 30.3 Å². The van der Waals surface area contributed by atoms with Crippen LogP contribution < -0.4 is 10.6 Å². The van der Waals surface area contributed by atoms with Crippen molar-refractivity contribution in [2.45, 2.75) is 18.9 Å². The van der Waals surface area contributed by atoms with E-state index in [1.165, 1.54) is 17.4 Å². The van der Waals surface area contributed by atoms with Gasteiger partial charge in [0.25, 0.3) is 5.91 Å². The molecule has 1 unspecified atom stereocenters. The molecule has 122 valence electrons. The van der Waals surface area contributed by atoms with Gasteiger partial charge in [0, 0.05) is 18.8 Å². The van der Waals surface area contributed by atoms with Gasteiger partial charge < -0.3 is 15.4 Å². The van der Waals surface area contributed by atoms with Crippen LogP contribution in [0.5, 0.6) is 0 Å². The summed E-state index contributed by atoms with van der Waals surface area (Å²) in [6.45, 7) is 1.35. The molecule has 0 aliphatic carbocycles. The third-order valence-corrected chi connectivity index (χ3v) is 4.80. The Hall–Kier alpha value is -1.63. The molecule has 1 atom stereocenters. The van der Waals surface area contributed by atoms with Crippen molar-refractivity contribution < 1.29 is 13.9 Å². The summed E-state index contributed by atoms with van der Waals surface area (Å²) in [6.07, 6.45) is 2.18. The Morgan fingerprint density at radius 1 is 1.39 bits per heavy atom. The molecule has 3 rings (SSSR count). The number of anilines is 2. The number of thiophene rings is 1. The Bertz CT molecular complexity index is 701. The smallest absolute Gasteiger partial charge is 0.265 e. The Morgan fingerprint density at radius 2 is 2.26 bits per heavy atom. The highest BCUT2D eigenvalue weighted by molar-refractivity contribution is 7.18. The van der Waals surface area contributed by atoms with Gasteiger partial charge in [-0.05, 0) is 43.2 Å². The summed E-state index contributed by atoms with van der Waals surface area (Å²) in [4.78, 5) is 12.5. The largest absolute Gasteiger partial charge is 0.380 e. The Kier molecular flexibility index (Phi) is 5.15. The first-order valence-electron chi connectivity index (χ1n) is 7.33. The monoisotopic (exact) mass is 354 g/mol. The topological polar surface area (TPSA) is 50.4 Å². The van der Waals surface area contributed by atoms with Crippen molar-refractivity contribution >= 4 is 40.2 Å². The fourth-order valence-corrected chi connectivity index (χ4v) is 3.33. The molecular weight excluding hydrogens is 339 g/mol. The van der Waals surface area contributed by atoms with Gasteiger partial charge in [0.2, 0.25) is 0 Å². The molecule has 1 aromatic heterocycles. The van der Waals surface area contributed by atoms with Crippen molar-refractivity contribution in [1.82, 2.24) is 0 Å². The summed E-state index contributed by atoms with van der Waals surface area (Å²) in [5.41, 5.74) is 0.803. The van der Waals surface area contributed by atoms with E-state index in [1.807, 2.05) is 0 Å². The molecule has 1 fully saturated rings. The maximum absolute atomic E-state index is 14.1. The number of carbonyl (C=O) groups excluding carboxylic acids is 1. The average Bonchev–Trinajstić information content (AvgIpc) is 3.18. The lowest BCUT2D eigenvalue weighted by atomic mass is 10.2. The highest BCUT2D eigenvalue weighted by atomic mass is 35.5. The molecule has 1 aromatic carbocycles. The van der Waals surface area contributed by atoms with Crippen LogP contribution in [-0.4, -0.2) is 25.2 Å². The van der Waals surface area contributed by atoms with E-state index in [-0.39, 0.29) is 12.0 Å².